The molecule has 8 heterocycles. The van der Waals surface area contributed by atoms with E-state index in [1.165, 1.54) is 12.8 Å². The van der Waals surface area contributed by atoms with Crippen LogP contribution in [0.15, 0.2) is 86.2 Å². The van der Waals surface area contributed by atoms with Gasteiger partial charge < -0.3 is 19.7 Å². The number of aliphatic hydroxyl groups is 2. The van der Waals surface area contributed by atoms with Gasteiger partial charge in [0.05, 0.1) is 37.5 Å². The second-order valence-electron chi connectivity index (χ2n) is 13.9. The number of rotatable bonds is 8. The number of nitrogens with zero attached hydrogens (tertiary/aromatic N) is 4. The van der Waals surface area contributed by atoms with E-state index in [-0.39, 0.29) is 12.1 Å². The van der Waals surface area contributed by atoms with Crippen LogP contribution in [-0.2, 0) is 0 Å². The van der Waals surface area contributed by atoms with Gasteiger partial charge in [-0.1, -0.05) is 12.2 Å². The van der Waals surface area contributed by atoms with E-state index in [0.717, 1.165) is 83.5 Å². The Labute approximate surface area is 283 Å². The molecule has 4 bridgehead atoms. The number of aliphatic hydroxyl groups excluding tert-OH is 2. The number of hydrogen-bond acceptors (Lipinski definition) is 8. The van der Waals surface area contributed by atoms with Crippen molar-refractivity contribution in [1.82, 2.24) is 19.8 Å². The summed E-state index contributed by atoms with van der Waals surface area (Å²) < 4.78 is 10.7. The number of aromatic nitrogens is 2. The molecule has 6 saturated heterocycles. The highest BCUT2D eigenvalue weighted by molar-refractivity contribution is 5.84. The third-order valence-electron chi connectivity index (χ3n) is 11.6. The maximum absolute atomic E-state index is 11.2. The summed E-state index contributed by atoms with van der Waals surface area (Å²) in [5.41, 5.74) is 3.69. The summed E-state index contributed by atoms with van der Waals surface area (Å²) in [6.45, 7) is 12.1. The number of ether oxygens (including phenoxy) is 2. The van der Waals surface area contributed by atoms with Crippen LogP contribution in [0.3, 0.4) is 0 Å². The second kappa shape index (κ2) is 14.0. The van der Waals surface area contributed by atoms with E-state index in [1.807, 2.05) is 48.5 Å². The third kappa shape index (κ3) is 6.11. The van der Waals surface area contributed by atoms with Crippen LogP contribution < -0.4 is 9.47 Å². The minimum atomic E-state index is -0.504. The van der Waals surface area contributed by atoms with Gasteiger partial charge in [0.2, 0.25) is 0 Å². The summed E-state index contributed by atoms with van der Waals surface area (Å²) in [4.78, 5) is 13.7. The molecule has 0 spiro atoms. The van der Waals surface area contributed by atoms with Gasteiger partial charge in [0.15, 0.2) is 0 Å². The first kappa shape index (κ1) is 32.7. The number of benzene rings is 2. The summed E-state index contributed by atoms with van der Waals surface area (Å²) in [7, 11) is 3.32. The summed E-state index contributed by atoms with van der Waals surface area (Å²) in [6.07, 6.45) is 11.2. The Hall–Kier alpha value is -3.82. The largest absolute Gasteiger partial charge is 0.497 e. The Morgan fingerprint density at radius 2 is 1.15 bits per heavy atom. The van der Waals surface area contributed by atoms with Gasteiger partial charge in [-0.2, -0.15) is 0 Å². The minimum Gasteiger partial charge on any atom is -0.497 e. The molecule has 6 aliphatic rings. The summed E-state index contributed by atoms with van der Waals surface area (Å²) in [6, 6.07) is 15.9. The van der Waals surface area contributed by atoms with Gasteiger partial charge in [0, 0.05) is 48.3 Å². The van der Waals surface area contributed by atoms with E-state index in [4.69, 9.17) is 9.47 Å². The number of methoxy groups -OCH3 is 2. The lowest BCUT2D eigenvalue weighted by molar-refractivity contribution is -0.0445. The van der Waals surface area contributed by atoms with Gasteiger partial charge in [-0.15, -0.1) is 13.2 Å². The van der Waals surface area contributed by atoms with Gasteiger partial charge in [0.25, 0.3) is 0 Å². The molecule has 10 rings (SSSR count). The Kier molecular flexibility index (Phi) is 9.52. The zero-order valence-corrected chi connectivity index (χ0v) is 28.1. The van der Waals surface area contributed by atoms with Crippen molar-refractivity contribution in [3.8, 4) is 11.5 Å². The monoisotopic (exact) mass is 648 g/mol. The molecule has 2 aromatic carbocycles. The lowest BCUT2D eigenvalue weighted by Crippen LogP contribution is -2.54. The van der Waals surface area contributed by atoms with Crippen molar-refractivity contribution in [2.45, 2.75) is 50.0 Å². The molecule has 8 nitrogen and oxygen atoms in total. The smallest absolute Gasteiger partial charge is 0.119 e. The van der Waals surface area contributed by atoms with Gasteiger partial charge in [-0.05, 0) is 122 Å². The Balaban J connectivity index is 0.000000152. The molecular formula is C40H48N4O4. The normalized spacial score (nSPS) is 30.2. The average Bonchev–Trinajstić information content (AvgIpc) is 3.16. The summed E-state index contributed by atoms with van der Waals surface area (Å²) >= 11 is 0. The van der Waals surface area contributed by atoms with E-state index in [0.29, 0.717) is 23.7 Å². The molecule has 6 fully saturated rings. The first-order valence-electron chi connectivity index (χ1n) is 17.4. The third-order valence-corrected chi connectivity index (χ3v) is 11.6. The lowest BCUT2D eigenvalue weighted by atomic mass is 9.73. The van der Waals surface area contributed by atoms with Crippen LogP contribution in [0.1, 0.15) is 49.0 Å². The van der Waals surface area contributed by atoms with Crippen LogP contribution in [0.2, 0.25) is 0 Å². The molecule has 6 aliphatic heterocycles. The highest BCUT2D eigenvalue weighted by Crippen LogP contribution is 2.43. The molecule has 252 valence electrons. The van der Waals surface area contributed by atoms with E-state index in [1.54, 1.807) is 26.6 Å². The highest BCUT2D eigenvalue weighted by Gasteiger charge is 2.43. The van der Waals surface area contributed by atoms with E-state index < -0.39 is 12.2 Å². The standard InChI is InChI=1S/2C20H24N2O2/c2*1-3-13-12-22-9-7-14(13)10-19(22)20(23)16-6-8-21-18-5-4-15(24-2)11-17(16)18/h2*3-6,8,11,13-14,19-20,23H,1,7,9-10,12H2,2H3/t2*13?,14?,19?,20-/m11/s1. The number of hydrogen-bond donors (Lipinski definition) is 2. The first-order chi connectivity index (χ1) is 23.4. The Morgan fingerprint density at radius 1 is 0.708 bits per heavy atom. The molecule has 0 amide bonds. The Bertz CT molecular complexity index is 1650. The van der Waals surface area contributed by atoms with E-state index in [9.17, 15) is 10.2 Å². The summed E-state index contributed by atoms with van der Waals surface area (Å²) in [5, 5.41) is 24.3. The topological polar surface area (TPSA) is 91.2 Å². The van der Waals surface area contributed by atoms with E-state index in [2.05, 4.69) is 45.1 Å². The fourth-order valence-electron chi connectivity index (χ4n) is 8.89. The van der Waals surface area contributed by atoms with Crippen LogP contribution in [-0.4, -0.2) is 82.5 Å². The fourth-order valence-corrected chi connectivity index (χ4v) is 8.89. The molecule has 4 aromatic rings. The molecule has 10 atom stereocenters. The number of pyridine rings is 2. The predicted molar refractivity (Wildman–Crippen MR) is 190 cm³/mol. The minimum absolute atomic E-state index is 0.178. The first-order valence-corrected chi connectivity index (χ1v) is 17.4. The van der Waals surface area contributed by atoms with Gasteiger partial charge >= 0.3 is 0 Å². The van der Waals surface area contributed by atoms with Crippen LogP contribution in [0.4, 0.5) is 0 Å². The van der Waals surface area contributed by atoms with Crippen LogP contribution >= 0.6 is 0 Å². The van der Waals surface area contributed by atoms with Crippen molar-refractivity contribution in [2.75, 3.05) is 40.4 Å². The Morgan fingerprint density at radius 3 is 1.50 bits per heavy atom. The van der Waals surface area contributed by atoms with Gasteiger partial charge in [-0.3, -0.25) is 19.8 Å². The molecule has 2 aromatic heterocycles. The predicted octanol–water partition coefficient (Wildman–Crippen LogP) is 6.35. The van der Waals surface area contributed by atoms with Gasteiger partial charge in [-0.25, -0.2) is 0 Å². The highest BCUT2D eigenvalue weighted by atomic mass is 16.5. The maximum atomic E-state index is 11.2. The molecule has 48 heavy (non-hydrogen) atoms. The van der Waals surface area contributed by atoms with Crippen LogP contribution in [0, 0.1) is 23.7 Å². The van der Waals surface area contributed by atoms with Gasteiger partial charge in [0.1, 0.15) is 11.5 Å². The average molecular weight is 649 g/mol. The van der Waals surface area contributed by atoms with Crippen molar-refractivity contribution < 1.29 is 19.7 Å². The summed E-state index contributed by atoms with van der Waals surface area (Å²) in [5.74, 6) is 4.01. The molecule has 2 N–H and O–H groups in total. The van der Waals surface area contributed by atoms with Crippen molar-refractivity contribution >= 4 is 21.8 Å². The molecule has 0 saturated carbocycles. The van der Waals surface area contributed by atoms with Crippen LogP contribution in [0.25, 0.3) is 21.8 Å². The molecule has 0 radical (unpaired) electrons. The number of piperidine rings is 6. The molecule has 0 aliphatic carbocycles. The van der Waals surface area contributed by atoms with Crippen molar-refractivity contribution in [3.05, 3.63) is 97.4 Å². The number of fused-ring (bicyclic) bond motifs is 8. The molecule has 8 heteroatoms. The van der Waals surface area contributed by atoms with Crippen molar-refractivity contribution in [2.24, 2.45) is 23.7 Å². The second-order valence-corrected chi connectivity index (χ2v) is 13.9. The maximum Gasteiger partial charge on any atom is 0.119 e. The SMILES string of the molecule is C=CC1CN2CCC1CC2[C@H](O)c1ccnc2ccc(OC)cc12.C=CC1CN2CCC1CC2[C@H](O)c1ccnc2ccc(OC)cc12. The molecular weight excluding hydrogens is 600 g/mol. The van der Waals surface area contributed by atoms with Crippen LogP contribution in [0.5, 0.6) is 11.5 Å². The van der Waals surface area contributed by atoms with Crippen molar-refractivity contribution in [1.29, 1.82) is 0 Å². The van der Waals surface area contributed by atoms with E-state index >= 15 is 0 Å². The quantitative estimate of drug-likeness (QED) is 0.214. The fraction of sp³-hybridized carbons (Fsp3) is 0.450. The van der Waals surface area contributed by atoms with Crippen molar-refractivity contribution in [3.63, 3.8) is 0 Å². The zero-order chi connectivity index (χ0) is 33.4. The lowest BCUT2D eigenvalue weighted by Gasteiger charge is -2.50. The zero-order valence-electron chi connectivity index (χ0n) is 28.1. The molecule has 8 unspecified atom stereocenters.